The van der Waals surface area contributed by atoms with Gasteiger partial charge in [0.15, 0.2) is 0 Å². The zero-order chi connectivity index (χ0) is 13.0. The summed E-state index contributed by atoms with van der Waals surface area (Å²) in [6.45, 7) is 0. The Bertz CT molecular complexity index is 572. The molecule has 3 N–H and O–H groups in total. The van der Waals surface area contributed by atoms with E-state index in [9.17, 15) is 0 Å². The van der Waals surface area contributed by atoms with Crippen LogP contribution in [0.4, 0.5) is 0 Å². The van der Waals surface area contributed by atoms with E-state index in [0.29, 0.717) is 5.69 Å². The van der Waals surface area contributed by atoms with Crippen LogP contribution in [0.3, 0.4) is 0 Å². The number of amidine groups is 1. The molecule has 0 amide bonds. The molecular weight excluding hydrogens is 246 g/mol. The van der Waals surface area contributed by atoms with Crippen LogP contribution < -0.4 is 10.5 Å². The van der Waals surface area contributed by atoms with Crippen molar-refractivity contribution >= 4 is 17.6 Å². The van der Waals surface area contributed by atoms with Gasteiger partial charge in [-0.15, -0.1) is 0 Å². The van der Waals surface area contributed by atoms with E-state index < -0.39 is 0 Å². The van der Waals surface area contributed by atoms with Crippen molar-refractivity contribution < 1.29 is 4.74 Å². The van der Waals surface area contributed by atoms with Crippen LogP contribution >= 0.6 is 11.8 Å². The van der Waals surface area contributed by atoms with E-state index in [0.717, 1.165) is 15.5 Å². The van der Waals surface area contributed by atoms with E-state index >= 15 is 0 Å². The molecule has 1 aromatic carbocycles. The molecule has 0 atom stereocenters. The minimum atomic E-state index is -0.0269. The summed E-state index contributed by atoms with van der Waals surface area (Å²) in [6, 6.07) is 11.4. The molecule has 0 fully saturated rings. The second-order valence-electron chi connectivity index (χ2n) is 3.54. The molecule has 4 nitrogen and oxygen atoms in total. The first-order valence-electron chi connectivity index (χ1n) is 5.32. The van der Waals surface area contributed by atoms with Gasteiger partial charge in [0.05, 0.1) is 7.11 Å². The van der Waals surface area contributed by atoms with Crippen LogP contribution in [0.2, 0.25) is 0 Å². The van der Waals surface area contributed by atoms with Gasteiger partial charge in [-0.1, -0.05) is 17.8 Å². The first kappa shape index (κ1) is 12.4. The Labute approximate surface area is 110 Å². The summed E-state index contributed by atoms with van der Waals surface area (Å²) in [5, 5.41) is 7.50. The lowest BCUT2D eigenvalue weighted by Crippen LogP contribution is -2.14. The van der Waals surface area contributed by atoms with Crippen molar-refractivity contribution in [1.82, 2.24) is 4.98 Å². The van der Waals surface area contributed by atoms with Crippen LogP contribution in [0.15, 0.2) is 52.4 Å². The second-order valence-corrected chi connectivity index (χ2v) is 4.66. The fourth-order valence-electron chi connectivity index (χ4n) is 1.47. The number of nitrogens with zero attached hydrogens (tertiary/aromatic N) is 1. The Morgan fingerprint density at radius 3 is 2.89 bits per heavy atom. The largest absolute Gasteiger partial charge is 0.497 e. The Morgan fingerprint density at radius 1 is 1.33 bits per heavy atom. The third-order valence-corrected chi connectivity index (χ3v) is 3.33. The molecule has 0 radical (unpaired) electrons. The molecule has 0 bridgehead atoms. The normalized spacial score (nSPS) is 10.1. The third-order valence-electron chi connectivity index (χ3n) is 2.29. The molecule has 0 aliphatic heterocycles. The molecule has 0 aliphatic carbocycles. The molecule has 0 spiro atoms. The molecule has 0 aliphatic rings. The van der Waals surface area contributed by atoms with Crippen LogP contribution in [-0.4, -0.2) is 17.9 Å². The van der Waals surface area contributed by atoms with Crippen molar-refractivity contribution in [1.29, 1.82) is 5.41 Å². The summed E-state index contributed by atoms with van der Waals surface area (Å²) in [6.07, 6.45) is 1.63. The smallest absolute Gasteiger partial charge is 0.142 e. The first-order valence-corrected chi connectivity index (χ1v) is 6.13. The lowest BCUT2D eigenvalue weighted by atomic mass is 10.3. The zero-order valence-corrected chi connectivity index (χ0v) is 10.7. The summed E-state index contributed by atoms with van der Waals surface area (Å²) in [5.41, 5.74) is 6.01. The van der Waals surface area contributed by atoms with Crippen LogP contribution in [0.5, 0.6) is 5.75 Å². The molecule has 1 aromatic heterocycles. The standard InChI is InChI=1S/C13H13N3OS/c1-17-9-4-2-5-10(8-9)18-11-6-3-7-16-12(11)13(14)15/h2-8H,1H3,(H3,14,15). The summed E-state index contributed by atoms with van der Waals surface area (Å²) in [4.78, 5) is 5.99. The minimum absolute atomic E-state index is 0.0269. The molecule has 18 heavy (non-hydrogen) atoms. The van der Waals surface area contributed by atoms with Gasteiger partial charge in [-0.2, -0.15) is 0 Å². The highest BCUT2D eigenvalue weighted by Crippen LogP contribution is 2.31. The second kappa shape index (κ2) is 5.55. The van der Waals surface area contributed by atoms with Crippen molar-refractivity contribution in [3.63, 3.8) is 0 Å². The van der Waals surface area contributed by atoms with E-state index in [1.54, 1.807) is 13.3 Å². The van der Waals surface area contributed by atoms with E-state index in [4.69, 9.17) is 15.9 Å². The summed E-state index contributed by atoms with van der Waals surface area (Å²) in [5.74, 6) is 0.772. The summed E-state index contributed by atoms with van der Waals surface area (Å²) >= 11 is 1.51. The van der Waals surface area contributed by atoms with E-state index in [2.05, 4.69) is 4.98 Å². The SMILES string of the molecule is COc1cccc(Sc2cccnc2C(=N)N)c1. The number of nitrogens with one attached hydrogen (secondary N) is 1. The van der Waals surface area contributed by atoms with Gasteiger partial charge < -0.3 is 10.5 Å². The number of aromatic nitrogens is 1. The number of rotatable bonds is 4. The molecule has 2 aromatic rings. The topological polar surface area (TPSA) is 72.0 Å². The number of nitrogen functional groups attached to an aromatic ring is 1. The van der Waals surface area contributed by atoms with E-state index in [1.165, 1.54) is 11.8 Å². The lowest BCUT2D eigenvalue weighted by molar-refractivity contribution is 0.413. The maximum Gasteiger partial charge on any atom is 0.142 e. The molecule has 1 heterocycles. The highest BCUT2D eigenvalue weighted by Gasteiger charge is 2.08. The molecule has 2 rings (SSSR count). The summed E-state index contributed by atoms with van der Waals surface area (Å²) < 4.78 is 5.17. The van der Waals surface area contributed by atoms with E-state index in [1.807, 2.05) is 36.4 Å². The maximum atomic E-state index is 7.50. The number of benzene rings is 1. The van der Waals surface area contributed by atoms with Gasteiger partial charge in [0.2, 0.25) is 0 Å². The Morgan fingerprint density at radius 2 is 2.17 bits per heavy atom. The fourth-order valence-corrected chi connectivity index (χ4v) is 2.45. The predicted octanol–water partition coefficient (Wildman–Crippen LogP) is 2.53. The van der Waals surface area contributed by atoms with Crippen molar-refractivity contribution in [3.05, 3.63) is 48.3 Å². The first-order chi connectivity index (χ1) is 8.70. The third kappa shape index (κ3) is 2.81. The molecule has 92 valence electrons. The molecule has 5 heteroatoms. The molecule has 0 unspecified atom stereocenters. The number of ether oxygens (including phenoxy) is 1. The van der Waals surface area contributed by atoms with Crippen molar-refractivity contribution in [2.75, 3.05) is 7.11 Å². The average Bonchev–Trinajstić information content (AvgIpc) is 2.39. The van der Waals surface area contributed by atoms with Crippen molar-refractivity contribution in [2.24, 2.45) is 5.73 Å². The minimum Gasteiger partial charge on any atom is -0.497 e. The maximum absolute atomic E-state index is 7.50. The van der Waals surface area contributed by atoms with Gasteiger partial charge in [0.1, 0.15) is 17.3 Å². The lowest BCUT2D eigenvalue weighted by Gasteiger charge is -2.07. The summed E-state index contributed by atoms with van der Waals surface area (Å²) in [7, 11) is 1.63. The number of nitrogens with two attached hydrogens (primary N) is 1. The zero-order valence-electron chi connectivity index (χ0n) is 9.88. The van der Waals surface area contributed by atoms with E-state index in [-0.39, 0.29) is 5.84 Å². The Balaban J connectivity index is 2.31. The molecular formula is C13H13N3OS. The van der Waals surface area contributed by atoms with Crippen LogP contribution in [0.1, 0.15) is 5.69 Å². The Hall–Kier alpha value is -2.01. The molecule has 0 saturated carbocycles. The predicted molar refractivity (Wildman–Crippen MR) is 72.4 cm³/mol. The van der Waals surface area contributed by atoms with Crippen molar-refractivity contribution in [2.45, 2.75) is 9.79 Å². The van der Waals surface area contributed by atoms with Gasteiger partial charge in [0, 0.05) is 16.0 Å². The van der Waals surface area contributed by atoms with Crippen LogP contribution in [0.25, 0.3) is 0 Å². The number of hydrogen-bond donors (Lipinski definition) is 2. The average molecular weight is 259 g/mol. The van der Waals surface area contributed by atoms with Gasteiger partial charge in [-0.3, -0.25) is 10.4 Å². The number of pyridine rings is 1. The highest BCUT2D eigenvalue weighted by atomic mass is 32.2. The van der Waals surface area contributed by atoms with Crippen LogP contribution in [-0.2, 0) is 0 Å². The monoisotopic (exact) mass is 259 g/mol. The Kier molecular flexibility index (Phi) is 3.84. The quantitative estimate of drug-likeness (QED) is 0.653. The van der Waals surface area contributed by atoms with Gasteiger partial charge in [-0.05, 0) is 30.3 Å². The fraction of sp³-hybridized carbons (Fsp3) is 0.0769. The van der Waals surface area contributed by atoms with Gasteiger partial charge >= 0.3 is 0 Å². The van der Waals surface area contributed by atoms with Crippen LogP contribution in [0, 0.1) is 5.41 Å². The highest BCUT2D eigenvalue weighted by molar-refractivity contribution is 7.99. The van der Waals surface area contributed by atoms with Gasteiger partial charge in [-0.25, -0.2) is 0 Å². The number of methoxy groups -OCH3 is 1. The van der Waals surface area contributed by atoms with Gasteiger partial charge in [0.25, 0.3) is 0 Å². The van der Waals surface area contributed by atoms with Crippen molar-refractivity contribution in [3.8, 4) is 5.75 Å². The number of hydrogen-bond acceptors (Lipinski definition) is 4. The molecule has 0 saturated heterocycles.